The monoisotopic (exact) mass is 380 g/mol. The van der Waals surface area contributed by atoms with E-state index in [2.05, 4.69) is 11.9 Å². The van der Waals surface area contributed by atoms with Gasteiger partial charge in [0.1, 0.15) is 5.01 Å². The Morgan fingerprint density at radius 2 is 2.04 bits per heavy atom. The standard InChI is InChI=1S/C20H32N2O3S/c1-3-5-8-13-22(19(23)12-11-16-9-6-7-10-16)14-18-21-17(15-26-18)20(24)25-4-2/h15-16H,3-14H2,1-2H3. The minimum absolute atomic E-state index is 0.223. The third-order valence-electron chi connectivity index (χ3n) is 4.99. The van der Waals surface area contributed by atoms with Gasteiger partial charge in [-0.3, -0.25) is 4.79 Å². The Labute approximate surface area is 161 Å². The Morgan fingerprint density at radius 1 is 1.27 bits per heavy atom. The van der Waals surface area contributed by atoms with Crippen molar-refractivity contribution in [2.24, 2.45) is 5.92 Å². The molecule has 1 heterocycles. The Morgan fingerprint density at radius 3 is 2.73 bits per heavy atom. The van der Waals surface area contributed by atoms with Gasteiger partial charge in [-0.1, -0.05) is 45.4 Å². The summed E-state index contributed by atoms with van der Waals surface area (Å²) in [7, 11) is 0. The number of hydrogen-bond acceptors (Lipinski definition) is 5. The Bertz CT molecular complexity index is 567. The van der Waals surface area contributed by atoms with Crippen molar-refractivity contribution in [1.29, 1.82) is 0 Å². The van der Waals surface area contributed by atoms with Crippen LogP contribution in [0.2, 0.25) is 0 Å². The summed E-state index contributed by atoms with van der Waals surface area (Å²) in [6.07, 6.45) is 10.1. The van der Waals surface area contributed by atoms with Crippen LogP contribution in [0.25, 0.3) is 0 Å². The molecule has 0 radical (unpaired) electrons. The van der Waals surface area contributed by atoms with Crippen molar-refractivity contribution < 1.29 is 14.3 Å². The summed E-state index contributed by atoms with van der Waals surface area (Å²) in [5.74, 6) is 0.563. The van der Waals surface area contributed by atoms with Crippen LogP contribution in [0.3, 0.4) is 0 Å². The van der Waals surface area contributed by atoms with Crippen LogP contribution in [-0.2, 0) is 16.1 Å². The fraction of sp³-hybridized carbons (Fsp3) is 0.750. The van der Waals surface area contributed by atoms with Crippen LogP contribution in [0, 0.1) is 5.92 Å². The van der Waals surface area contributed by atoms with Crippen molar-refractivity contribution in [3.8, 4) is 0 Å². The summed E-state index contributed by atoms with van der Waals surface area (Å²) in [6.45, 7) is 5.56. The van der Waals surface area contributed by atoms with E-state index in [9.17, 15) is 9.59 Å². The van der Waals surface area contributed by atoms with Gasteiger partial charge in [-0.15, -0.1) is 11.3 Å². The molecule has 0 N–H and O–H groups in total. The minimum Gasteiger partial charge on any atom is -0.461 e. The van der Waals surface area contributed by atoms with Crippen LogP contribution >= 0.6 is 11.3 Å². The van der Waals surface area contributed by atoms with Crippen molar-refractivity contribution in [2.45, 2.75) is 78.2 Å². The first-order valence-corrected chi connectivity index (χ1v) is 10.9. The van der Waals surface area contributed by atoms with E-state index in [0.717, 1.165) is 43.2 Å². The van der Waals surface area contributed by atoms with Crippen molar-refractivity contribution in [3.63, 3.8) is 0 Å². The van der Waals surface area contributed by atoms with Crippen LogP contribution in [0.15, 0.2) is 5.38 Å². The number of thiazole rings is 1. The summed E-state index contributed by atoms with van der Waals surface area (Å²) in [6, 6.07) is 0. The highest BCUT2D eigenvalue weighted by atomic mass is 32.1. The normalized spacial score (nSPS) is 14.5. The number of esters is 1. The zero-order chi connectivity index (χ0) is 18.8. The molecule has 0 unspecified atom stereocenters. The Balaban J connectivity index is 1.92. The number of hydrogen-bond donors (Lipinski definition) is 0. The number of nitrogens with zero attached hydrogens (tertiary/aromatic N) is 2. The molecule has 1 aliphatic carbocycles. The first kappa shape index (κ1) is 20.9. The molecule has 0 saturated heterocycles. The number of rotatable bonds is 11. The van der Waals surface area contributed by atoms with Crippen LogP contribution in [0.5, 0.6) is 0 Å². The van der Waals surface area contributed by atoms with E-state index in [1.165, 1.54) is 37.0 Å². The van der Waals surface area contributed by atoms with Gasteiger partial charge < -0.3 is 9.64 Å². The lowest BCUT2D eigenvalue weighted by Crippen LogP contribution is -2.31. The van der Waals surface area contributed by atoms with E-state index in [-0.39, 0.29) is 11.9 Å². The fourth-order valence-electron chi connectivity index (χ4n) is 3.47. The molecule has 1 amide bonds. The molecule has 0 aliphatic heterocycles. The van der Waals surface area contributed by atoms with Gasteiger partial charge in [0.25, 0.3) is 0 Å². The molecular weight excluding hydrogens is 348 g/mol. The highest BCUT2D eigenvalue weighted by Gasteiger charge is 2.20. The van der Waals surface area contributed by atoms with Crippen LogP contribution in [0.1, 0.15) is 87.1 Å². The van der Waals surface area contributed by atoms with Crippen molar-refractivity contribution in [3.05, 3.63) is 16.1 Å². The zero-order valence-corrected chi connectivity index (χ0v) is 17.0. The largest absolute Gasteiger partial charge is 0.461 e. The van der Waals surface area contributed by atoms with Crippen molar-refractivity contribution in [1.82, 2.24) is 9.88 Å². The quantitative estimate of drug-likeness (QED) is 0.408. The highest BCUT2D eigenvalue weighted by molar-refractivity contribution is 7.09. The molecule has 5 nitrogen and oxygen atoms in total. The lowest BCUT2D eigenvalue weighted by Gasteiger charge is -2.22. The van der Waals surface area contributed by atoms with E-state index in [1.54, 1.807) is 12.3 Å². The van der Waals surface area contributed by atoms with Crippen molar-refractivity contribution in [2.75, 3.05) is 13.2 Å². The predicted octanol–water partition coefficient (Wildman–Crippen LogP) is 4.81. The second kappa shape index (κ2) is 11.3. The molecule has 0 atom stereocenters. The maximum Gasteiger partial charge on any atom is 0.357 e. The number of amides is 1. The molecule has 1 aromatic rings. The van der Waals surface area contributed by atoms with Gasteiger partial charge in [0.15, 0.2) is 5.69 Å². The maximum absolute atomic E-state index is 12.8. The summed E-state index contributed by atoms with van der Waals surface area (Å²) in [4.78, 5) is 30.8. The number of aromatic nitrogens is 1. The fourth-order valence-corrected chi connectivity index (χ4v) is 4.25. The summed E-state index contributed by atoms with van der Waals surface area (Å²) >= 11 is 1.43. The smallest absolute Gasteiger partial charge is 0.357 e. The minimum atomic E-state index is -0.389. The van der Waals surface area contributed by atoms with E-state index in [1.807, 2.05) is 4.90 Å². The third kappa shape index (κ3) is 6.71. The van der Waals surface area contributed by atoms with E-state index in [0.29, 0.717) is 25.3 Å². The molecule has 146 valence electrons. The Kier molecular flexibility index (Phi) is 9.09. The van der Waals surface area contributed by atoms with E-state index in [4.69, 9.17) is 4.74 Å². The lowest BCUT2D eigenvalue weighted by molar-refractivity contribution is -0.132. The third-order valence-corrected chi connectivity index (χ3v) is 5.82. The van der Waals surface area contributed by atoms with E-state index < -0.39 is 0 Å². The van der Waals surface area contributed by atoms with E-state index >= 15 is 0 Å². The van der Waals surface area contributed by atoms with Gasteiger partial charge in [0.2, 0.25) is 5.91 Å². The van der Waals surface area contributed by atoms with Crippen molar-refractivity contribution >= 4 is 23.2 Å². The number of carbonyl (C=O) groups excluding carboxylic acids is 2. The first-order valence-electron chi connectivity index (χ1n) is 10.0. The highest BCUT2D eigenvalue weighted by Crippen LogP contribution is 2.29. The maximum atomic E-state index is 12.8. The van der Waals surface area contributed by atoms with Gasteiger partial charge >= 0.3 is 5.97 Å². The van der Waals surface area contributed by atoms with Gasteiger partial charge in [-0.05, 0) is 25.7 Å². The molecule has 6 heteroatoms. The number of unbranched alkanes of at least 4 members (excludes halogenated alkanes) is 2. The summed E-state index contributed by atoms with van der Waals surface area (Å²) in [5, 5.41) is 2.53. The molecule has 1 aromatic heterocycles. The van der Waals surface area contributed by atoms with Crippen LogP contribution in [-0.4, -0.2) is 34.9 Å². The Hall–Kier alpha value is -1.43. The van der Waals surface area contributed by atoms with Gasteiger partial charge in [0, 0.05) is 18.3 Å². The molecule has 0 aromatic carbocycles. The zero-order valence-electron chi connectivity index (χ0n) is 16.2. The molecule has 0 bridgehead atoms. The summed E-state index contributed by atoms with van der Waals surface area (Å²) < 4.78 is 4.99. The lowest BCUT2D eigenvalue weighted by atomic mass is 10.0. The molecule has 1 aliphatic rings. The van der Waals surface area contributed by atoms with Crippen LogP contribution in [0.4, 0.5) is 0 Å². The van der Waals surface area contributed by atoms with Gasteiger partial charge in [0.05, 0.1) is 13.2 Å². The molecule has 1 saturated carbocycles. The topological polar surface area (TPSA) is 59.5 Å². The predicted molar refractivity (Wildman–Crippen MR) is 104 cm³/mol. The summed E-state index contributed by atoms with van der Waals surface area (Å²) in [5.41, 5.74) is 0.346. The van der Waals surface area contributed by atoms with Gasteiger partial charge in [-0.2, -0.15) is 0 Å². The second-order valence-corrected chi connectivity index (χ2v) is 8.00. The average Bonchev–Trinajstić information content (AvgIpc) is 3.31. The molecular formula is C20H32N2O3S. The molecule has 2 rings (SSSR count). The van der Waals surface area contributed by atoms with Gasteiger partial charge in [-0.25, -0.2) is 9.78 Å². The average molecular weight is 381 g/mol. The SMILES string of the molecule is CCCCCN(Cc1nc(C(=O)OCC)cs1)C(=O)CCC1CCCC1. The molecule has 0 spiro atoms. The number of ether oxygens (including phenoxy) is 1. The number of carbonyl (C=O) groups is 2. The molecule has 1 fully saturated rings. The molecule has 26 heavy (non-hydrogen) atoms. The first-order chi connectivity index (χ1) is 12.6. The second-order valence-electron chi connectivity index (χ2n) is 7.06. The van der Waals surface area contributed by atoms with Crippen LogP contribution < -0.4 is 0 Å².